The molecular formula is C14H9F3N2O. The monoisotopic (exact) mass is 278 g/mol. The first-order valence-corrected chi connectivity index (χ1v) is 5.55. The molecule has 20 heavy (non-hydrogen) atoms. The van der Waals surface area contributed by atoms with Gasteiger partial charge in [-0.15, -0.1) is 0 Å². The van der Waals surface area contributed by atoms with Crippen molar-refractivity contribution in [1.29, 1.82) is 5.26 Å². The van der Waals surface area contributed by atoms with Crippen LogP contribution in [-0.2, 0) is 6.18 Å². The summed E-state index contributed by atoms with van der Waals surface area (Å²) in [4.78, 5) is 0. The van der Waals surface area contributed by atoms with Gasteiger partial charge in [-0.25, -0.2) is 0 Å². The maximum absolute atomic E-state index is 12.6. The maximum atomic E-state index is 12.6. The van der Waals surface area contributed by atoms with Crippen LogP contribution in [0, 0.1) is 11.3 Å². The fraction of sp³-hybridized carbons (Fsp3) is 0.0714. The van der Waals surface area contributed by atoms with Crippen molar-refractivity contribution in [2.75, 3.05) is 5.73 Å². The maximum Gasteiger partial charge on any atom is 0.417 e. The van der Waals surface area contributed by atoms with E-state index in [1.54, 1.807) is 24.3 Å². The summed E-state index contributed by atoms with van der Waals surface area (Å²) < 4.78 is 43.3. The number of benzene rings is 2. The Balaban J connectivity index is 2.37. The number of para-hydroxylation sites is 2. The van der Waals surface area contributed by atoms with Gasteiger partial charge < -0.3 is 10.5 Å². The van der Waals surface area contributed by atoms with E-state index in [0.717, 1.165) is 18.2 Å². The minimum Gasteiger partial charge on any atom is -0.455 e. The Bertz CT molecular complexity index is 675. The van der Waals surface area contributed by atoms with Gasteiger partial charge in [0.15, 0.2) is 0 Å². The molecule has 0 aromatic heterocycles. The van der Waals surface area contributed by atoms with Crippen molar-refractivity contribution in [2.24, 2.45) is 0 Å². The minimum atomic E-state index is -4.57. The van der Waals surface area contributed by atoms with E-state index in [1.807, 2.05) is 0 Å². The van der Waals surface area contributed by atoms with Crippen LogP contribution in [0.3, 0.4) is 0 Å². The molecule has 2 aromatic rings. The zero-order valence-corrected chi connectivity index (χ0v) is 10.1. The Morgan fingerprint density at radius 2 is 1.80 bits per heavy atom. The highest BCUT2D eigenvalue weighted by Crippen LogP contribution is 2.35. The first-order valence-electron chi connectivity index (χ1n) is 5.55. The molecule has 0 unspecified atom stereocenters. The second-order valence-electron chi connectivity index (χ2n) is 3.96. The Morgan fingerprint density at radius 1 is 1.10 bits per heavy atom. The Morgan fingerprint density at radius 3 is 2.40 bits per heavy atom. The zero-order chi connectivity index (χ0) is 14.8. The third-order valence-corrected chi connectivity index (χ3v) is 2.56. The van der Waals surface area contributed by atoms with E-state index in [1.165, 1.54) is 6.07 Å². The summed E-state index contributed by atoms with van der Waals surface area (Å²) in [6.07, 6.45) is -4.57. The molecule has 0 heterocycles. The molecule has 0 aliphatic carbocycles. The molecule has 2 rings (SSSR count). The van der Waals surface area contributed by atoms with Crippen molar-refractivity contribution in [2.45, 2.75) is 6.18 Å². The second kappa shape index (κ2) is 5.13. The molecule has 0 aliphatic heterocycles. The number of anilines is 1. The molecule has 0 amide bonds. The number of nitrogen functional groups attached to an aromatic ring is 1. The number of alkyl halides is 3. The van der Waals surface area contributed by atoms with Crippen LogP contribution >= 0.6 is 0 Å². The minimum absolute atomic E-state index is 0.118. The number of rotatable bonds is 2. The second-order valence-corrected chi connectivity index (χ2v) is 3.96. The van der Waals surface area contributed by atoms with E-state index < -0.39 is 17.3 Å². The molecule has 6 heteroatoms. The van der Waals surface area contributed by atoms with Crippen LogP contribution < -0.4 is 10.5 Å². The number of ether oxygens (including phenoxy) is 1. The molecule has 2 aromatic carbocycles. The van der Waals surface area contributed by atoms with Crippen LogP contribution in [0.15, 0.2) is 42.5 Å². The van der Waals surface area contributed by atoms with Crippen molar-refractivity contribution in [3.63, 3.8) is 0 Å². The normalized spacial score (nSPS) is 10.9. The van der Waals surface area contributed by atoms with Gasteiger partial charge in [-0.1, -0.05) is 12.1 Å². The lowest BCUT2D eigenvalue weighted by atomic mass is 10.1. The highest BCUT2D eigenvalue weighted by atomic mass is 19.4. The Kier molecular flexibility index (Phi) is 3.53. The number of hydrogen-bond acceptors (Lipinski definition) is 3. The quantitative estimate of drug-likeness (QED) is 0.846. The molecule has 2 N–H and O–H groups in total. The smallest absolute Gasteiger partial charge is 0.417 e. The summed E-state index contributed by atoms with van der Waals surface area (Å²) in [5.41, 5.74) is 4.53. The molecule has 102 valence electrons. The summed E-state index contributed by atoms with van der Waals surface area (Å²) in [6.45, 7) is 0. The SMILES string of the molecule is N#Cc1cc(Oc2ccccc2N)ccc1C(F)(F)F. The average molecular weight is 278 g/mol. The van der Waals surface area contributed by atoms with Gasteiger partial charge in [-0.05, 0) is 30.3 Å². The molecule has 0 spiro atoms. The lowest BCUT2D eigenvalue weighted by Gasteiger charge is -2.12. The van der Waals surface area contributed by atoms with Crippen LogP contribution in [0.1, 0.15) is 11.1 Å². The number of hydrogen-bond donors (Lipinski definition) is 1. The largest absolute Gasteiger partial charge is 0.455 e. The van der Waals surface area contributed by atoms with Crippen LogP contribution in [0.25, 0.3) is 0 Å². The van der Waals surface area contributed by atoms with E-state index in [2.05, 4.69) is 0 Å². The van der Waals surface area contributed by atoms with Crippen LogP contribution in [0.2, 0.25) is 0 Å². The third-order valence-electron chi connectivity index (χ3n) is 2.56. The van der Waals surface area contributed by atoms with Crippen molar-refractivity contribution in [3.8, 4) is 17.6 Å². The van der Waals surface area contributed by atoms with E-state index in [9.17, 15) is 13.2 Å². The molecular weight excluding hydrogens is 269 g/mol. The van der Waals surface area contributed by atoms with Crippen molar-refractivity contribution < 1.29 is 17.9 Å². The predicted molar refractivity (Wildman–Crippen MR) is 67.1 cm³/mol. The van der Waals surface area contributed by atoms with Gasteiger partial charge in [0.25, 0.3) is 0 Å². The molecule has 0 atom stereocenters. The third kappa shape index (κ3) is 2.83. The standard InChI is InChI=1S/C14H9F3N2O/c15-14(16,17)11-6-5-10(7-9(11)8-18)20-13-4-2-1-3-12(13)19/h1-7H,19H2. The highest BCUT2D eigenvalue weighted by Gasteiger charge is 2.33. The topological polar surface area (TPSA) is 59.0 Å². The van der Waals surface area contributed by atoms with Crippen molar-refractivity contribution >= 4 is 5.69 Å². The van der Waals surface area contributed by atoms with Gasteiger partial charge >= 0.3 is 6.18 Å². The van der Waals surface area contributed by atoms with E-state index in [-0.39, 0.29) is 5.75 Å². The molecule has 0 saturated heterocycles. The predicted octanol–water partition coefficient (Wildman–Crippen LogP) is 3.95. The first kappa shape index (κ1) is 13.7. The van der Waals surface area contributed by atoms with Gasteiger partial charge in [0.1, 0.15) is 11.5 Å². The molecule has 3 nitrogen and oxygen atoms in total. The van der Waals surface area contributed by atoms with Gasteiger partial charge in [0.2, 0.25) is 0 Å². The molecule has 0 radical (unpaired) electrons. The first-order chi connectivity index (χ1) is 9.41. The lowest BCUT2D eigenvalue weighted by molar-refractivity contribution is -0.137. The highest BCUT2D eigenvalue weighted by molar-refractivity contribution is 5.54. The summed E-state index contributed by atoms with van der Waals surface area (Å²) in [5, 5.41) is 8.80. The van der Waals surface area contributed by atoms with E-state index >= 15 is 0 Å². The Hall–Kier alpha value is -2.68. The van der Waals surface area contributed by atoms with E-state index in [0.29, 0.717) is 11.4 Å². The van der Waals surface area contributed by atoms with Crippen LogP contribution in [0.5, 0.6) is 11.5 Å². The number of nitriles is 1. The Labute approximate surface area is 113 Å². The van der Waals surface area contributed by atoms with Crippen LogP contribution in [-0.4, -0.2) is 0 Å². The summed E-state index contributed by atoms with van der Waals surface area (Å²) >= 11 is 0. The molecule has 0 saturated carbocycles. The summed E-state index contributed by atoms with van der Waals surface area (Å²) in [5.74, 6) is 0.434. The van der Waals surface area contributed by atoms with Gasteiger partial charge in [0.05, 0.1) is 22.9 Å². The van der Waals surface area contributed by atoms with Gasteiger partial charge in [-0.3, -0.25) is 0 Å². The molecule has 0 aliphatic rings. The lowest BCUT2D eigenvalue weighted by Crippen LogP contribution is -2.07. The fourth-order valence-electron chi connectivity index (χ4n) is 1.63. The summed E-state index contributed by atoms with van der Waals surface area (Å²) in [6, 6.07) is 11.1. The number of nitrogens with zero attached hydrogens (tertiary/aromatic N) is 1. The zero-order valence-electron chi connectivity index (χ0n) is 10.1. The van der Waals surface area contributed by atoms with Gasteiger partial charge in [-0.2, -0.15) is 18.4 Å². The molecule has 0 fully saturated rings. The average Bonchev–Trinajstić information content (AvgIpc) is 2.40. The van der Waals surface area contributed by atoms with Gasteiger partial charge in [0, 0.05) is 0 Å². The summed E-state index contributed by atoms with van der Waals surface area (Å²) in [7, 11) is 0. The molecule has 0 bridgehead atoms. The van der Waals surface area contributed by atoms with E-state index in [4.69, 9.17) is 15.7 Å². The number of nitrogens with two attached hydrogens (primary N) is 1. The fourth-order valence-corrected chi connectivity index (χ4v) is 1.63. The van der Waals surface area contributed by atoms with Crippen molar-refractivity contribution in [1.82, 2.24) is 0 Å². The van der Waals surface area contributed by atoms with Crippen molar-refractivity contribution in [3.05, 3.63) is 53.6 Å². The van der Waals surface area contributed by atoms with Crippen LogP contribution in [0.4, 0.5) is 18.9 Å². The number of halogens is 3.